The Balaban J connectivity index is 1.48. The third-order valence-corrected chi connectivity index (χ3v) is 4.93. The number of benzene rings is 2. The van der Waals surface area contributed by atoms with Gasteiger partial charge in [0.05, 0.1) is 11.8 Å². The van der Waals surface area contributed by atoms with Crippen LogP contribution >= 0.6 is 0 Å². The van der Waals surface area contributed by atoms with Crippen LogP contribution in [0.3, 0.4) is 0 Å². The summed E-state index contributed by atoms with van der Waals surface area (Å²) in [5.41, 5.74) is 3.44. The molecule has 0 bridgehead atoms. The van der Waals surface area contributed by atoms with Crippen LogP contribution in [0.5, 0.6) is 0 Å². The van der Waals surface area contributed by atoms with E-state index in [1.807, 2.05) is 18.2 Å². The Morgan fingerprint density at radius 3 is 2.52 bits per heavy atom. The number of hydrogen-bond donors (Lipinski definition) is 1. The highest BCUT2D eigenvalue weighted by atomic mass is 16.1. The molecule has 1 aliphatic rings. The van der Waals surface area contributed by atoms with Gasteiger partial charge in [0.15, 0.2) is 0 Å². The fourth-order valence-electron chi connectivity index (χ4n) is 3.31. The third-order valence-electron chi connectivity index (χ3n) is 4.93. The van der Waals surface area contributed by atoms with Crippen molar-refractivity contribution in [2.24, 2.45) is 0 Å². The predicted octanol–water partition coefficient (Wildman–Crippen LogP) is 3.98. The summed E-state index contributed by atoms with van der Waals surface area (Å²) in [5.74, 6) is 0.297. The molecule has 156 valence electrons. The van der Waals surface area contributed by atoms with Crippen LogP contribution in [0.25, 0.3) is 11.3 Å². The van der Waals surface area contributed by atoms with E-state index in [0.717, 1.165) is 11.1 Å². The van der Waals surface area contributed by atoms with E-state index >= 15 is 0 Å². The first-order valence-electron chi connectivity index (χ1n) is 12.2. The Hall–Kier alpha value is -3.72. The molecule has 0 radical (unpaired) electrons. The molecule has 2 heterocycles. The Morgan fingerprint density at radius 2 is 1.81 bits per heavy atom. The fourth-order valence-corrected chi connectivity index (χ4v) is 3.31. The lowest BCUT2D eigenvalue weighted by Crippen LogP contribution is -2.29. The molecule has 3 aromatic rings. The van der Waals surface area contributed by atoms with Crippen molar-refractivity contribution in [1.29, 1.82) is 5.26 Å². The summed E-state index contributed by atoms with van der Waals surface area (Å²) in [5, 5.41) is 11.1. The number of aromatic nitrogens is 2. The summed E-state index contributed by atoms with van der Waals surface area (Å²) in [6, 6.07) is 17.8. The monoisotopic (exact) mass is 415 g/mol. The third kappa shape index (κ3) is 5.26. The Morgan fingerprint density at radius 1 is 1.06 bits per heavy atom. The Labute approximate surface area is 188 Å². The van der Waals surface area contributed by atoms with E-state index in [-0.39, 0.29) is 12.5 Å². The molecule has 1 aromatic heterocycles. The zero-order chi connectivity index (χ0) is 25.1. The lowest BCUT2D eigenvalue weighted by molar-refractivity contribution is 0.0958. The summed E-state index contributed by atoms with van der Waals surface area (Å²) in [6.07, 6.45) is 3.24. The van der Waals surface area contributed by atoms with E-state index in [4.69, 9.17) is 10.7 Å². The van der Waals surface area contributed by atoms with E-state index in [9.17, 15) is 4.79 Å². The average molecular weight is 416 g/mol. The normalized spacial score (nSPS) is 18.6. The largest absolute Gasteiger partial charge is 0.372 e. The van der Waals surface area contributed by atoms with Crippen LogP contribution in [-0.2, 0) is 6.42 Å². The molecule has 0 aliphatic carbocycles. The van der Waals surface area contributed by atoms with Crippen molar-refractivity contribution in [1.82, 2.24) is 15.3 Å². The lowest BCUT2D eigenvalue weighted by atomic mass is 10.1. The second-order valence-electron chi connectivity index (χ2n) is 7.12. The number of nitrogens with zero attached hydrogens (tertiary/aromatic N) is 4. The van der Waals surface area contributed by atoms with Gasteiger partial charge in [-0.15, -0.1) is 0 Å². The topological polar surface area (TPSA) is 81.9 Å². The van der Waals surface area contributed by atoms with Crippen molar-refractivity contribution in [3.8, 4) is 17.3 Å². The Bertz CT molecular complexity index is 1220. The quantitative estimate of drug-likeness (QED) is 0.616. The Kier molecular flexibility index (Phi) is 5.10. The van der Waals surface area contributed by atoms with Gasteiger partial charge in [-0.05, 0) is 55.2 Å². The van der Waals surface area contributed by atoms with Gasteiger partial charge in [0.1, 0.15) is 12.4 Å². The standard InChI is InChI=1S/C25H25N5O/c26-13-15-28-25(31)21-8-6-20(7-9-21)23-12-14-27-24(29-23)18-19-4-10-22(11-5-19)30-16-2-1-3-17-30/h4-12,14H,1-3,15-18H2,(H,28,31)/i16D2,17D2. The molecule has 0 atom stereocenters. The number of nitriles is 1. The number of nitrogens with one attached hydrogen (secondary N) is 1. The summed E-state index contributed by atoms with van der Waals surface area (Å²) in [7, 11) is 0. The van der Waals surface area contributed by atoms with E-state index in [1.54, 1.807) is 48.7 Å². The van der Waals surface area contributed by atoms with Gasteiger partial charge in [0.25, 0.3) is 5.91 Å². The minimum absolute atomic E-state index is 0.0466. The van der Waals surface area contributed by atoms with Gasteiger partial charge in [-0.2, -0.15) is 5.26 Å². The van der Waals surface area contributed by atoms with Crippen LogP contribution in [0.2, 0.25) is 0 Å². The highest BCUT2D eigenvalue weighted by Crippen LogP contribution is 2.22. The molecule has 0 unspecified atom stereocenters. The van der Waals surface area contributed by atoms with Crippen molar-refractivity contribution in [3.05, 3.63) is 77.7 Å². The number of piperidine rings is 1. The molecule has 1 N–H and O–H groups in total. The van der Waals surface area contributed by atoms with Gasteiger partial charge >= 0.3 is 0 Å². The van der Waals surface area contributed by atoms with Gasteiger partial charge in [-0.3, -0.25) is 4.79 Å². The van der Waals surface area contributed by atoms with Gasteiger partial charge < -0.3 is 10.2 Å². The molecular weight excluding hydrogens is 386 g/mol. The van der Waals surface area contributed by atoms with E-state index in [2.05, 4.69) is 15.3 Å². The molecule has 2 aromatic carbocycles. The molecule has 1 aliphatic heterocycles. The fraction of sp³-hybridized carbons (Fsp3) is 0.280. The maximum Gasteiger partial charge on any atom is 0.252 e. The molecule has 6 heteroatoms. The number of carbonyl (C=O) groups excluding carboxylic acids is 1. The summed E-state index contributed by atoms with van der Waals surface area (Å²) in [4.78, 5) is 22.2. The summed E-state index contributed by atoms with van der Waals surface area (Å²) >= 11 is 0. The van der Waals surface area contributed by atoms with Crippen molar-refractivity contribution < 1.29 is 10.3 Å². The highest BCUT2D eigenvalue weighted by Gasteiger charge is 2.11. The zero-order valence-electron chi connectivity index (χ0n) is 21.0. The van der Waals surface area contributed by atoms with Crippen LogP contribution in [-0.4, -0.2) is 35.4 Å². The smallest absolute Gasteiger partial charge is 0.252 e. The molecule has 1 fully saturated rings. The van der Waals surface area contributed by atoms with Crippen LogP contribution in [0.1, 0.15) is 46.5 Å². The van der Waals surface area contributed by atoms with Crippen LogP contribution < -0.4 is 10.2 Å². The van der Waals surface area contributed by atoms with Crippen molar-refractivity contribution in [2.45, 2.75) is 25.7 Å². The molecule has 4 rings (SSSR count). The molecule has 1 amide bonds. The number of hydrogen-bond acceptors (Lipinski definition) is 5. The molecule has 31 heavy (non-hydrogen) atoms. The first-order valence-corrected chi connectivity index (χ1v) is 10.2. The van der Waals surface area contributed by atoms with Gasteiger partial charge in [-0.1, -0.05) is 24.3 Å². The number of anilines is 1. The number of rotatable bonds is 6. The van der Waals surface area contributed by atoms with Gasteiger partial charge in [0.2, 0.25) is 0 Å². The summed E-state index contributed by atoms with van der Waals surface area (Å²) in [6.45, 7) is -3.53. The van der Waals surface area contributed by atoms with Gasteiger partial charge in [0, 0.05) is 47.9 Å². The first-order chi connectivity index (χ1) is 16.7. The lowest BCUT2D eigenvalue weighted by Gasteiger charge is -2.28. The SMILES string of the molecule is [2H]C1([2H])CCCC([2H])([2H])N1c1ccc(Cc2nccc(-c3ccc(C(=O)NCC#N)cc3)n2)cc1. The van der Waals surface area contributed by atoms with E-state index < -0.39 is 13.0 Å². The number of amides is 1. The molecule has 0 spiro atoms. The van der Waals surface area contributed by atoms with Crippen LogP contribution in [0.4, 0.5) is 5.69 Å². The van der Waals surface area contributed by atoms with Gasteiger partial charge in [-0.25, -0.2) is 9.97 Å². The van der Waals surface area contributed by atoms with E-state index in [1.165, 1.54) is 4.90 Å². The minimum atomic E-state index is -1.74. The number of carbonyl (C=O) groups is 1. The maximum atomic E-state index is 12.0. The van der Waals surface area contributed by atoms with Crippen LogP contribution in [0.15, 0.2) is 60.8 Å². The van der Waals surface area contributed by atoms with Crippen molar-refractivity contribution >= 4 is 11.6 Å². The second kappa shape index (κ2) is 9.86. The van der Waals surface area contributed by atoms with Crippen molar-refractivity contribution in [3.63, 3.8) is 0 Å². The highest BCUT2D eigenvalue weighted by molar-refractivity contribution is 5.94. The zero-order valence-corrected chi connectivity index (χ0v) is 17.0. The molecule has 1 saturated heterocycles. The average Bonchev–Trinajstić information content (AvgIpc) is 2.83. The second-order valence-corrected chi connectivity index (χ2v) is 7.12. The van der Waals surface area contributed by atoms with Crippen molar-refractivity contribution in [2.75, 3.05) is 24.4 Å². The predicted molar refractivity (Wildman–Crippen MR) is 121 cm³/mol. The molecular formula is C25H25N5O. The first kappa shape index (κ1) is 16.0. The maximum absolute atomic E-state index is 12.0. The molecule has 0 saturated carbocycles. The van der Waals surface area contributed by atoms with Crippen LogP contribution in [0, 0.1) is 11.3 Å². The molecule has 6 nitrogen and oxygen atoms in total. The van der Waals surface area contributed by atoms with E-state index in [0.29, 0.717) is 48.5 Å². The summed E-state index contributed by atoms with van der Waals surface area (Å²) < 4.78 is 33.1. The minimum Gasteiger partial charge on any atom is -0.372 e.